The maximum absolute atomic E-state index is 9.61. The topological polar surface area (TPSA) is 125 Å². The van der Waals surface area contributed by atoms with Gasteiger partial charge in [-0.05, 0) is 238 Å². The van der Waals surface area contributed by atoms with Gasteiger partial charge in [0.25, 0.3) is 0 Å². The first-order valence-corrected chi connectivity index (χ1v) is 42.8. The Hall–Kier alpha value is -16.4. The first-order valence-electron chi connectivity index (χ1n) is 42.8. The van der Waals surface area contributed by atoms with E-state index in [1.165, 1.54) is 132 Å². The number of para-hydroxylation sites is 3. The van der Waals surface area contributed by atoms with E-state index in [2.05, 4.69) is 410 Å². The fourth-order valence-electron chi connectivity index (χ4n) is 20.9. The number of hydrogen-bond donors (Lipinski definition) is 0. The molecule has 6 heterocycles. The predicted octanol–water partition coefficient (Wildman–Crippen LogP) is 29.1. The van der Waals surface area contributed by atoms with Crippen molar-refractivity contribution < 1.29 is 0 Å². The standard InChI is InChI=1S/3C39H27N3/c1-39(2)33-17-5-3-14-30(33)31-19-20-36-37(38(31)39)32-15-4-6-18-35(32)42(36)28-13-8-11-26(23-28)25-10-7-12-27(22-25)29-16-9-21-41-34(29)24-40;1-39(2)34-15-5-3-13-31(34)32-17-18-36-37(38(32)39)33-14-4-6-16-35(33)42(36)30-12-8-11-28(21-30)26-9-7-10-27(20-26)29-19-25(22-40)23-41-24-29;1-39(2)34-15-5-3-13-31(34)32-19-20-36-37(38(32)39)33-14-4-6-16-35(33)42(36)30-12-8-11-27(22-30)25-9-7-10-26(21-25)28-17-18-29(23-40)41-24-28/h3-23H,1-2H3;3-21,23-24H,1-2H3;3-22,24H,1-2H3. The number of aromatic nitrogens is 6. The molecule has 0 saturated carbocycles. The van der Waals surface area contributed by atoms with Gasteiger partial charge in [-0.3, -0.25) is 4.98 Å². The van der Waals surface area contributed by atoms with Gasteiger partial charge in [0.15, 0.2) is 0 Å². The minimum atomic E-state index is -0.0999. The number of benzene rings is 15. The molecule has 0 radical (unpaired) electrons. The molecule has 15 aromatic carbocycles. The Labute approximate surface area is 731 Å². The van der Waals surface area contributed by atoms with Gasteiger partial charge < -0.3 is 13.7 Å². The van der Waals surface area contributed by atoms with Crippen LogP contribution in [0.1, 0.15) is 91.9 Å². The molecule has 24 rings (SSSR count). The third-order valence-electron chi connectivity index (χ3n) is 26.6. The monoisotopic (exact) mass is 1610 g/mol. The summed E-state index contributed by atoms with van der Waals surface area (Å²) in [5.41, 5.74) is 40.9. The molecule has 126 heavy (non-hydrogen) atoms. The quantitative estimate of drug-likeness (QED) is 0.142. The zero-order chi connectivity index (χ0) is 85.3. The van der Waals surface area contributed by atoms with Gasteiger partial charge in [0, 0.05) is 107 Å². The van der Waals surface area contributed by atoms with Gasteiger partial charge in [-0.15, -0.1) is 0 Å². The minimum absolute atomic E-state index is 0.0943. The van der Waals surface area contributed by atoms with Crippen LogP contribution in [0.15, 0.2) is 383 Å². The summed E-state index contributed by atoms with van der Waals surface area (Å²) in [6.45, 7) is 14.2. The van der Waals surface area contributed by atoms with E-state index in [-0.39, 0.29) is 16.2 Å². The van der Waals surface area contributed by atoms with Crippen LogP contribution >= 0.6 is 0 Å². The van der Waals surface area contributed by atoms with E-state index in [4.69, 9.17) is 5.26 Å². The fraction of sp³-hybridized carbons (Fsp3) is 0.0769. The zero-order valence-corrected chi connectivity index (χ0v) is 70.4. The highest BCUT2D eigenvalue weighted by Crippen LogP contribution is 2.57. The summed E-state index contributed by atoms with van der Waals surface area (Å²) in [6.07, 6.45) is 6.84. The molecular formula is C117H81N9. The summed E-state index contributed by atoms with van der Waals surface area (Å²) in [4.78, 5) is 12.8. The number of pyridine rings is 3. The molecule has 21 aromatic rings. The highest BCUT2D eigenvalue weighted by molar-refractivity contribution is 6.17. The van der Waals surface area contributed by atoms with Crippen molar-refractivity contribution >= 4 is 65.4 Å². The van der Waals surface area contributed by atoms with Crippen LogP contribution in [0.3, 0.4) is 0 Å². The molecule has 9 heteroatoms. The van der Waals surface area contributed by atoms with Crippen LogP contribution in [0, 0.1) is 34.0 Å². The Morgan fingerprint density at radius 1 is 0.246 bits per heavy atom. The third-order valence-corrected chi connectivity index (χ3v) is 26.6. The van der Waals surface area contributed by atoms with Crippen molar-refractivity contribution in [3.63, 3.8) is 0 Å². The van der Waals surface area contributed by atoms with Gasteiger partial charge >= 0.3 is 0 Å². The van der Waals surface area contributed by atoms with Crippen molar-refractivity contribution in [2.75, 3.05) is 0 Å². The van der Waals surface area contributed by atoms with E-state index in [1.54, 1.807) is 24.7 Å². The lowest BCUT2D eigenvalue weighted by Crippen LogP contribution is -2.15. The average molecular weight is 1610 g/mol. The number of rotatable bonds is 9. The van der Waals surface area contributed by atoms with Crippen molar-refractivity contribution in [2.24, 2.45) is 0 Å². The summed E-state index contributed by atoms with van der Waals surface area (Å²) in [5, 5.41) is 35.9. The highest BCUT2D eigenvalue weighted by atomic mass is 15.0. The number of fused-ring (bicyclic) bond motifs is 21. The van der Waals surface area contributed by atoms with Crippen LogP contribution in [0.4, 0.5) is 0 Å². The van der Waals surface area contributed by atoms with Gasteiger partial charge in [0.05, 0.1) is 38.7 Å². The molecule has 0 bridgehead atoms. The van der Waals surface area contributed by atoms with Crippen molar-refractivity contribution in [2.45, 2.75) is 57.8 Å². The fourth-order valence-corrected chi connectivity index (χ4v) is 20.9. The molecule has 0 atom stereocenters. The van der Waals surface area contributed by atoms with E-state index >= 15 is 0 Å². The molecule has 3 aliphatic rings. The molecule has 0 fully saturated rings. The number of nitrogens with zero attached hydrogens (tertiary/aromatic N) is 9. The first-order chi connectivity index (χ1) is 61.6. The van der Waals surface area contributed by atoms with E-state index < -0.39 is 0 Å². The molecule has 0 N–H and O–H groups in total. The molecule has 0 spiro atoms. The van der Waals surface area contributed by atoms with Gasteiger partial charge in [-0.2, -0.15) is 15.8 Å². The van der Waals surface area contributed by atoms with Gasteiger partial charge in [-0.25, -0.2) is 9.97 Å². The van der Waals surface area contributed by atoms with Crippen LogP contribution in [0.25, 0.3) is 183 Å². The Kier molecular flexibility index (Phi) is 17.9. The number of nitriles is 3. The minimum Gasteiger partial charge on any atom is -0.309 e. The van der Waals surface area contributed by atoms with Gasteiger partial charge in [0.1, 0.15) is 29.6 Å². The SMILES string of the molecule is CC1(C)c2ccccc2-c2ccc3c(c21)c1ccccc1n3-c1cccc(-c2cccc(-c3ccc(C#N)nc3)c2)c1.CC1(C)c2ccccc2-c2ccc3c(c21)c1ccccc1n3-c1cccc(-c2cccc(-c3cccnc3C#N)c2)c1.CC1(C)c2ccccc2-c2ccc3c(c21)c1ccccc1n3-c1cccc(-c2cccc(-c3cncc(C#N)c3)c2)c1. The summed E-state index contributed by atoms with van der Waals surface area (Å²) in [5.74, 6) is 0. The third kappa shape index (κ3) is 12.1. The molecule has 6 aromatic heterocycles. The van der Waals surface area contributed by atoms with Crippen molar-refractivity contribution in [3.05, 3.63) is 433 Å². The molecule has 0 aliphatic heterocycles. The maximum Gasteiger partial charge on any atom is 0.148 e. The summed E-state index contributed by atoms with van der Waals surface area (Å²) < 4.78 is 7.24. The summed E-state index contributed by atoms with van der Waals surface area (Å²) >= 11 is 0. The van der Waals surface area contributed by atoms with Crippen LogP contribution < -0.4 is 0 Å². The molecule has 3 aliphatic carbocycles. The molecule has 594 valence electrons. The molecule has 0 amide bonds. The second-order valence-corrected chi connectivity index (χ2v) is 34.7. The van der Waals surface area contributed by atoms with Crippen LogP contribution in [0.2, 0.25) is 0 Å². The lowest BCUT2D eigenvalue weighted by atomic mass is 9.80. The van der Waals surface area contributed by atoms with E-state index in [1.807, 2.05) is 36.5 Å². The van der Waals surface area contributed by atoms with Gasteiger partial charge in [-0.1, -0.05) is 278 Å². The van der Waals surface area contributed by atoms with E-state index in [0.717, 1.165) is 83.8 Å². The molecule has 0 saturated heterocycles. The van der Waals surface area contributed by atoms with Crippen molar-refractivity contribution in [1.29, 1.82) is 15.8 Å². The maximum atomic E-state index is 9.61. The predicted molar refractivity (Wildman–Crippen MR) is 515 cm³/mol. The Morgan fingerprint density at radius 3 is 1.00 bits per heavy atom. The Morgan fingerprint density at radius 2 is 0.603 bits per heavy atom. The van der Waals surface area contributed by atoms with E-state index in [9.17, 15) is 10.5 Å². The smallest absolute Gasteiger partial charge is 0.148 e. The van der Waals surface area contributed by atoms with Crippen molar-refractivity contribution in [1.82, 2.24) is 28.7 Å². The van der Waals surface area contributed by atoms with Crippen LogP contribution in [-0.2, 0) is 16.2 Å². The van der Waals surface area contributed by atoms with E-state index in [0.29, 0.717) is 17.0 Å². The summed E-state index contributed by atoms with van der Waals surface area (Å²) in [6, 6.07) is 134. The lowest BCUT2D eigenvalue weighted by molar-refractivity contribution is 0.666. The summed E-state index contributed by atoms with van der Waals surface area (Å²) in [7, 11) is 0. The zero-order valence-electron chi connectivity index (χ0n) is 70.4. The van der Waals surface area contributed by atoms with Crippen LogP contribution in [0.5, 0.6) is 0 Å². The largest absolute Gasteiger partial charge is 0.309 e. The lowest BCUT2D eigenvalue weighted by Gasteiger charge is -2.22. The van der Waals surface area contributed by atoms with Gasteiger partial charge in [0.2, 0.25) is 0 Å². The molecule has 0 unspecified atom stereocenters. The average Bonchev–Trinajstić information content (AvgIpc) is 1.55. The normalized spacial score (nSPS) is 13.2. The molecular weight excluding hydrogens is 1530 g/mol. The second-order valence-electron chi connectivity index (χ2n) is 34.7. The Bertz CT molecular complexity index is 8240. The highest BCUT2D eigenvalue weighted by Gasteiger charge is 2.41. The van der Waals surface area contributed by atoms with Crippen LogP contribution in [-0.4, -0.2) is 28.7 Å². The number of hydrogen-bond acceptors (Lipinski definition) is 6. The van der Waals surface area contributed by atoms with Crippen molar-refractivity contribution in [3.8, 4) is 135 Å². The first kappa shape index (κ1) is 75.8. The Balaban J connectivity index is 0.000000112. The molecule has 9 nitrogen and oxygen atoms in total. The second kappa shape index (κ2) is 29.8.